The Morgan fingerprint density at radius 3 is 2.38 bits per heavy atom. The number of nitrogens with zero attached hydrogens (tertiary/aromatic N) is 1. The average molecular weight is 280 g/mol. The highest BCUT2D eigenvalue weighted by atomic mass is 16.2. The summed E-state index contributed by atoms with van der Waals surface area (Å²) in [5.74, 6) is 0.125. The first kappa shape index (κ1) is 13.8. The molecule has 3 rings (SSSR count). The molecule has 1 amide bonds. The minimum atomic E-state index is 0.125. The summed E-state index contributed by atoms with van der Waals surface area (Å²) < 4.78 is 0. The molecular formula is C18H20N2O. The van der Waals surface area contributed by atoms with Crippen LogP contribution in [0.2, 0.25) is 0 Å². The van der Waals surface area contributed by atoms with Gasteiger partial charge in [0.15, 0.2) is 0 Å². The van der Waals surface area contributed by atoms with Crippen molar-refractivity contribution >= 4 is 5.91 Å². The first-order valence-corrected chi connectivity index (χ1v) is 7.47. The van der Waals surface area contributed by atoms with Crippen LogP contribution in [0, 0.1) is 0 Å². The van der Waals surface area contributed by atoms with Crippen LogP contribution in [-0.4, -0.2) is 30.4 Å². The molecule has 0 saturated carbocycles. The van der Waals surface area contributed by atoms with Gasteiger partial charge in [-0.2, -0.15) is 0 Å². The van der Waals surface area contributed by atoms with Crippen LogP contribution in [0.25, 0.3) is 0 Å². The summed E-state index contributed by atoms with van der Waals surface area (Å²) in [7, 11) is 0. The SMILES string of the molecule is O=C(c1ccccc1)N1CCCNC(c2ccccc2)C1. The summed E-state index contributed by atoms with van der Waals surface area (Å²) in [5, 5.41) is 3.54. The third kappa shape index (κ3) is 3.31. The standard InChI is InChI=1S/C18H20N2O/c21-18(16-10-5-2-6-11-16)20-13-7-12-19-17(14-20)15-8-3-1-4-9-15/h1-6,8-11,17,19H,7,12-14H2. The second-order valence-electron chi connectivity index (χ2n) is 5.39. The number of carbonyl (C=O) groups excluding carboxylic acids is 1. The molecule has 1 N–H and O–H groups in total. The second kappa shape index (κ2) is 6.55. The maximum absolute atomic E-state index is 12.6. The van der Waals surface area contributed by atoms with Gasteiger partial charge in [0, 0.05) is 24.7 Å². The van der Waals surface area contributed by atoms with Gasteiger partial charge in [0.2, 0.25) is 0 Å². The molecule has 0 aliphatic carbocycles. The average Bonchev–Trinajstić information content (AvgIpc) is 2.82. The Kier molecular flexibility index (Phi) is 4.31. The highest BCUT2D eigenvalue weighted by Crippen LogP contribution is 2.18. The lowest BCUT2D eigenvalue weighted by Gasteiger charge is -2.25. The number of benzene rings is 2. The van der Waals surface area contributed by atoms with Gasteiger partial charge in [-0.1, -0.05) is 48.5 Å². The van der Waals surface area contributed by atoms with Crippen LogP contribution in [0.4, 0.5) is 0 Å². The molecule has 1 unspecified atom stereocenters. The number of carbonyl (C=O) groups is 1. The zero-order valence-corrected chi connectivity index (χ0v) is 12.0. The van der Waals surface area contributed by atoms with Crippen LogP contribution in [0.3, 0.4) is 0 Å². The quantitative estimate of drug-likeness (QED) is 0.917. The molecule has 1 heterocycles. The first-order chi connectivity index (χ1) is 10.3. The van der Waals surface area contributed by atoms with Crippen molar-refractivity contribution in [2.75, 3.05) is 19.6 Å². The Balaban J connectivity index is 1.78. The first-order valence-electron chi connectivity index (χ1n) is 7.47. The fourth-order valence-electron chi connectivity index (χ4n) is 2.78. The number of hydrogen-bond acceptors (Lipinski definition) is 2. The molecule has 21 heavy (non-hydrogen) atoms. The minimum Gasteiger partial charge on any atom is -0.337 e. The van der Waals surface area contributed by atoms with Gasteiger partial charge in [0.25, 0.3) is 5.91 Å². The van der Waals surface area contributed by atoms with E-state index >= 15 is 0 Å². The summed E-state index contributed by atoms with van der Waals surface area (Å²) in [6.07, 6.45) is 0.988. The van der Waals surface area contributed by atoms with E-state index in [1.54, 1.807) is 0 Å². The predicted molar refractivity (Wildman–Crippen MR) is 84.1 cm³/mol. The zero-order chi connectivity index (χ0) is 14.5. The molecule has 2 aromatic carbocycles. The number of nitrogens with one attached hydrogen (secondary N) is 1. The van der Waals surface area contributed by atoms with Crippen molar-refractivity contribution in [3.63, 3.8) is 0 Å². The highest BCUT2D eigenvalue weighted by molar-refractivity contribution is 5.94. The van der Waals surface area contributed by atoms with Gasteiger partial charge in [-0.3, -0.25) is 4.79 Å². The van der Waals surface area contributed by atoms with Gasteiger partial charge < -0.3 is 10.2 Å². The maximum Gasteiger partial charge on any atom is 0.253 e. The van der Waals surface area contributed by atoms with Crippen LogP contribution in [0.5, 0.6) is 0 Å². The van der Waals surface area contributed by atoms with Gasteiger partial charge in [-0.25, -0.2) is 0 Å². The largest absolute Gasteiger partial charge is 0.337 e. The summed E-state index contributed by atoms with van der Waals surface area (Å²) >= 11 is 0. The Bertz CT molecular complexity index is 583. The van der Waals surface area contributed by atoms with Gasteiger partial charge >= 0.3 is 0 Å². The summed E-state index contributed by atoms with van der Waals surface area (Å²) in [6.45, 7) is 2.47. The van der Waals surface area contributed by atoms with Crippen molar-refractivity contribution in [3.8, 4) is 0 Å². The van der Waals surface area contributed by atoms with E-state index in [2.05, 4.69) is 17.4 Å². The summed E-state index contributed by atoms with van der Waals surface area (Å²) in [6, 6.07) is 20.1. The molecule has 0 bridgehead atoms. The third-order valence-electron chi connectivity index (χ3n) is 3.91. The lowest BCUT2D eigenvalue weighted by atomic mass is 10.1. The summed E-state index contributed by atoms with van der Waals surface area (Å²) in [4.78, 5) is 14.6. The lowest BCUT2D eigenvalue weighted by molar-refractivity contribution is 0.0753. The van der Waals surface area contributed by atoms with Crippen molar-refractivity contribution in [2.45, 2.75) is 12.5 Å². The molecule has 1 atom stereocenters. The van der Waals surface area contributed by atoms with Gasteiger partial charge in [-0.05, 0) is 30.7 Å². The smallest absolute Gasteiger partial charge is 0.253 e. The van der Waals surface area contributed by atoms with Crippen LogP contribution >= 0.6 is 0 Å². The van der Waals surface area contributed by atoms with Crippen molar-refractivity contribution in [1.29, 1.82) is 0 Å². The topological polar surface area (TPSA) is 32.3 Å². The van der Waals surface area contributed by atoms with Gasteiger partial charge in [-0.15, -0.1) is 0 Å². The molecule has 108 valence electrons. The lowest BCUT2D eigenvalue weighted by Crippen LogP contribution is -2.36. The van der Waals surface area contributed by atoms with Crippen molar-refractivity contribution in [3.05, 3.63) is 71.8 Å². The molecule has 1 saturated heterocycles. The minimum absolute atomic E-state index is 0.125. The number of amides is 1. The van der Waals surface area contributed by atoms with E-state index in [9.17, 15) is 4.79 Å². The zero-order valence-electron chi connectivity index (χ0n) is 12.0. The third-order valence-corrected chi connectivity index (χ3v) is 3.91. The molecule has 1 fully saturated rings. The normalized spacial score (nSPS) is 19.0. The Labute approximate surface area is 125 Å². The predicted octanol–water partition coefficient (Wildman–Crippen LogP) is 2.86. The fraction of sp³-hybridized carbons (Fsp3) is 0.278. The van der Waals surface area contributed by atoms with E-state index in [0.717, 1.165) is 31.6 Å². The Morgan fingerprint density at radius 2 is 1.67 bits per heavy atom. The highest BCUT2D eigenvalue weighted by Gasteiger charge is 2.23. The molecule has 2 aromatic rings. The van der Waals surface area contributed by atoms with E-state index in [-0.39, 0.29) is 11.9 Å². The fourth-order valence-corrected chi connectivity index (χ4v) is 2.78. The van der Waals surface area contributed by atoms with Crippen molar-refractivity contribution in [1.82, 2.24) is 10.2 Å². The molecule has 3 nitrogen and oxygen atoms in total. The Morgan fingerprint density at radius 1 is 1.00 bits per heavy atom. The number of rotatable bonds is 2. The monoisotopic (exact) mass is 280 g/mol. The molecule has 0 aromatic heterocycles. The van der Waals surface area contributed by atoms with E-state index < -0.39 is 0 Å². The number of hydrogen-bond donors (Lipinski definition) is 1. The van der Waals surface area contributed by atoms with Crippen LogP contribution in [0.15, 0.2) is 60.7 Å². The second-order valence-corrected chi connectivity index (χ2v) is 5.39. The molecule has 3 heteroatoms. The van der Waals surface area contributed by atoms with E-state index in [1.807, 2.05) is 53.4 Å². The van der Waals surface area contributed by atoms with E-state index in [0.29, 0.717) is 0 Å². The Hall–Kier alpha value is -2.13. The molecule has 1 aliphatic heterocycles. The molecule has 0 spiro atoms. The van der Waals surface area contributed by atoms with Gasteiger partial charge in [0.05, 0.1) is 0 Å². The van der Waals surface area contributed by atoms with Crippen LogP contribution in [0.1, 0.15) is 28.4 Å². The van der Waals surface area contributed by atoms with Crippen LogP contribution in [-0.2, 0) is 0 Å². The maximum atomic E-state index is 12.6. The van der Waals surface area contributed by atoms with E-state index in [1.165, 1.54) is 5.56 Å². The van der Waals surface area contributed by atoms with Crippen LogP contribution < -0.4 is 5.32 Å². The molecular weight excluding hydrogens is 260 g/mol. The van der Waals surface area contributed by atoms with E-state index in [4.69, 9.17) is 0 Å². The van der Waals surface area contributed by atoms with Crippen molar-refractivity contribution in [2.24, 2.45) is 0 Å². The molecule has 1 aliphatic rings. The van der Waals surface area contributed by atoms with Gasteiger partial charge in [0.1, 0.15) is 0 Å². The van der Waals surface area contributed by atoms with Crippen molar-refractivity contribution < 1.29 is 4.79 Å². The molecule has 0 radical (unpaired) electrons. The summed E-state index contributed by atoms with van der Waals surface area (Å²) in [5.41, 5.74) is 2.01.